The Labute approximate surface area is 121 Å². The predicted molar refractivity (Wildman–Crippen MR) is 80.2 cm³/mol. The predicted octanol–water partition coefficient (Wildman–Crippen LogP) is 3.65. The summed E-state index contributed by atoms with van der Waals surface area (Å²) in [4.78, 5) is 0. The molecule has 1 aromatic carbocycles. The third-order valence-electron chi connectivity index (χ3n) is 4.10. The van der Waals surface area contributed by atoms with Crippen LogP contribution in [0.25, 0.3) is 0 Å². The van der Waals surface area contributed by atoms with Gasteiger partial charge < -0.3 is 14.6 Å². The molecule has 1 aliphatic carbocycles. The summed E-state index contributed by atoms with van der Waals surface area (Å²) in [5.74, 6) is 2.69. The molecule has 1 aliphatic rings. The summed E-state index contributed by atoms with van der Waals surface area (Å²) in [6.45, 7) is 5.51. The lowest BCUT2D eigenvalue weighted by atomic mass is 9.79. The quantitative estimate of drug-likeness (QED) is 0.863. The molecule has 1 N–H and O–H groups in total. The lowest BCUT2D eigenvalue weighted by molar-refractivity contribution is 0.0400. The summed E-state index contributed by atoms with van der Waals surface area (Å²) in [7, 11) is 0. The minimum Gasteiger partial charge on any atom is -0.490 e. The first-order valence-electron chi connectivity index (χ1n) is 7.73. The van der Waals surface area contributed by atoms with Crippen LogP contribution in [0.1, 0.15) is 39.5 Å². The number of hydrogen-bond acceptors (Lipinski definition) is 3. The average molecular weight is 278 g/mol. The second kappa shape index (κ2) is 7.53. The van der Waals surface area contributed by atoms with Gasteiger partial charge in [-0.15, -0.1) is 0 Å². The molecular weight excluding hydrogens is 252 g/mol. The fourth-order valence-electron chi connectivity index (χ4n) is 2.96. The molecular formula is C17H26O3. The Balaban J connectivity index is 1.83. The SMILES string of the molecule is CCOc1ccccc1OCCC1CC(C)CCC1O. The Kier molecular flexibility index (Phi) is 5.72. The summed E-state index contributed by atoms with van der Waals surface area (Å²) in [6.07, 6.45) is 3.94. The van der Waals surface area contributed by atoms with Crippen molar-refractivity contribution >= 4 is 0 Å². The summed E-state index contributed by atoms with van der Waals surface area (Å²) in [6, 6.07) is 7.76. The highest BCUT2D eigenvalue weighted by atomic mass is 16.5. The van der Waals surface area contributed by atoms with E-state index in [4.69, 9.17) is 9.47 Å². The maximum atomic E-state index is 10.0. The van der Waals surface area contributed by atoms with Crippen LogP contribution in [0.3, 0.4) is 0 Å². The lowest BCUT2D eigenvalue weighted by Crippen LogP contribution is -2.29. The van der Waals surface area contributed by atoms with Crippen LogP contribution in [0.2, 0.25) is 0 Å². The normalized spacial score (nSPS) is 26.2. The molecule has 3 nitrogen and oxygen atoms in total. The summed E-state index contributed by atoms with van der Waals surface area (Å²) >= 11 is 0. The molecule has 0 saturated heterocycles. The van der Waals surface area contributed by atoms with Gasteiger partial charge in [-0.05, 0) is 56.6 Å². The lowest BCUT2D eigenvalue weighted by Gasteiger charge is -2.31. The van der Waals surface area contributed by atoms with Crippen molar-refractivity contribution in [2.75, 3.05) is 13.2 Å². The van der Waals surface area contributed by atoms with Gasteiger partial charge in [0, 0.05) is 0 Å². The molecule has 0 heterocycles. The smallest absolute Gasteiger partial charge is 0.161 e. The van der Waals surface area contributed by atoms with Crippen molar-refractivity contribution in [1.29, 1.82) is 0 Å². The first-order valence-corrected chi connectivity index (χ1v) is 7.73. The Hall–Kier alpha value is -1.22. The largest absolute Gasteiger partial charge is 0.490 e. The summed E-state index contributed by atoms with van der Waals surface area (Å²) in [5.41, 5.74) is 0. The Bertz CT molecular complexity index is 405. The molecule has 3 heteroatoms. The average Bonchev–Trinajstić information content (AvgIpc) is 2.45. The zero-order valence-electron chi connectivity index (χ0n) is 12.5. The van der Waals surface area contributed by atoms with E-state index in [1.165, 1.54) is 0 Å². The highest BCUT2D eigenvalue weighted by Crippen LogP contribution is 2.32. The zero-order valence-corrected chi connectivity index (χ0v) is 12.5. The number of aliphatic hydroxyl groups excluding tert-OH is 1. The number of rotatable bonds is 6. The van der Waals surface area contributed by atoms with Gasteiger partial charge in [0.25, 0.3) is 0 Å². The van der Waals surface area contributed by atoms with Crippen LogP contribution in [0.5, 0.6) is 11.5 Å². The monoisotopic (exact) mass is 278 g/mol. The van der Waals surface area contributed by atoms with Crippen molar-refractivity contribution in [1.82, 2.24) is 0 Å². The number of aliphatic hydroxyl groups is 1. The number of ether oxygens (including phenoxy) is 2. The molecule has 0 aliphatic heterocycles. The second-order valence-corrected chi connectivity index (χ2v) is 5.76. The van der Waals surface area contributed by atoms with E-state index in [0.717, 1.165) is 43.1 Å². The highest BCUT2D eigenvalue weighted by molar-refractivity contribution is 5.39. The van der Waals surface area contributed by atoms with Crippen molar-refractivity contribution in [2.24, 2.45) is 11.8 Å². The van der Waals surface area contributed by atoms with Gasteiger partial charge >= 0.3 is 0 Å². The molecule has 0 bridgehead atoms. The van der Waals surface area contributed by atoms with Gasteiger partial charge in [0.05, 0.1) is 19.3 Å². The van der Waals surface area contributed by atoms with Crippen LogP contribution in [0.15, 0.2) is 24.3 Å². The van der Waals surface area contributed by atoms with Gasteiger partial charge in [-0.2, -0.15) is 0 Å². The second-order valence-electron chi connectivity index (χ2n) is 5.76. The zero-order chi connectivity index (χ0) is 14.4. The highest BCUT2D eigenvalue weighted by Gasteiger charge is 2.26. The van der Waals surface area contributed by atoms with Gasteiger partial charge in [0.2, 0.25) is 0 Å². The molecule has 0 radical (unpaired) electrons. The third kappa shape index (κ3) is 4.14. The van der Waals surface area contributed by atoms with Crippen LogP contribution in [-0.2, 0) is 0 Å². The van der Waals surface area contributed by atoms with Gasteiger partial charge in [-0.25, -0.2) is 0 Å². The molecule has 1 aromatic rings. The van der Waals surface area contributed by atoms with E-state index in [1.54, 1.807) is 0 Å². The molecule has 0 amide bonds. The van der Waals surface area contributed by atoms with Crippen LogP contribution in [0, 0.1) is 11.8 Å². The van der Waals surface area contributed by atoms with Crippen LogP contribution >= 0.6 is 0 Å². The first kappa shape index (κ1) is 15.2. The molecule has 1 saturated carbocycles. The van der Waals surface area contributed by atoms with Gasteiger partial charge in [0.15, 0.2) is 11.5 Å². The maximum Gasteiger partial charge on any atom is 0.161 e. The Morgan fingerprint density at radius 1 is 1.15 bits per heavy atom. The molecule has 3 atom stereocenters. The van der Waals surface area contributed by atoms with E-state index in [-0.39, 0.29) is 6.10 Å². The molecule has 112 valence electrons. The maximum absolute atomic E-state index is 10.0. The van der Waals surface area contributed by atoms with E-state index < -0.39 is 0 Å². The van der Waals surface area contributed by atoms with E-state index in [9.17, 15) is 5.11 Å². The molecule has 2 rings (SSSR count). The summed E-state index contributed by atoms with van der Waals surface area (Å²) < 4.78 is 11.4. The van der Waals surface area contributed by atoms with Crippen molar-refractivity contribution in [3.8, 4) is 11.5 Å². The fourth-order valence-corrected chi connectivity index (χ4v) is 2.96. The van der Waals surface area contributed by atoms with Crippen molar-refractivity contribution in [3.63, 3.8) is 0 Å². The Morgan fingerprint density at radius 3 is 2.55 bits per heavy atom. The number of para-hydroxylation sites is 2. The first-order chi connectivity index (χ1) is 9.70. The number of benzene rings is 1. The van der Waals surface area contributed by atoms with E-state index in [2.05, 4.69) is 6.92 Å². The summed E-state index contributed by atoms with van der Waals surface area (Å²) in [5, 5.41) is 10.0. The van der Waals surface area contributed by atoms with Crippen LogP contribution in [-0.4, -0.2) is 24.4 Å². The molecule has 1 fully saturated rings. The molecule has 3 unspecified atom stereocenters. The van der Waals surface area contributed by atoms with Gasteiger partial charge in [-0.1, -0.05) is 19.1 Å². The van der Waals surface area contributed by atoms with Crippen molar-refractivity contribution in [3.05, 3.63) is 24.3 Å². The Morgan fingerprint density at radius 2 is 1.85 bits per heavy atom. The van der Waals surface area contributed by atoms with Crippen molar-refractivity contribution < 1.29 is 14.6 Å². The topological polar surface area (TPSA) is 38.7 Å². The standard InChI is InChI=1S/C17H26O3/c1-3-19-16-6-4-5-7-17(16)20-11-10-14-12-13(2)8-9-15(14)18/h4-7,13-15,18H,3,8-12H2,1-2H3. The van der Waals surface area contributed by atoms with E-state index in [0.29, 0.717) is 19.1 Å². The third-order valence-corrected chi connectivity index (χ3v) is 4.10. The molecule has 0 aromatic heterocycles. The molecule has 0 spiro atoms. The molecule has 20 heavy (non-hydrogen) atoms. The van der Waals surface area contributed by atoms with E-state index >= 15 is 0 Å². The minimum absolute atomic E-state index is 0.156. The van der Waals surface area contributed by atoms with Crippen LogP contribution < -0.4 is 9.47 Å². The van der Waals surface area contributed by atoms with Crippen LogP contribution in [0.4, 0.5) is 0 Å². The number of hydrogen-bond donors (Lipinski definition) is 1. The van der Waals surface area contributed by atoms with Crippen molar-refractivity contribution in [2.45, 2.75) is 45.6 Å². The van der Waals surface area contributed by atoms with Gasteiger partial charge in [-0.3, -0.25) is 0 Å². The minimum atomic E-state index is -0.156. The van der Waals surface area contributed by atoms with Gasteiger partial charge in [0.1, 0.15) is 0 Å². The van der Waals surface area contributed by atoms with E-state index in [1.807, 2.05) is 31.2 Å². The fraction of sp³-hybridized carbons (Fsp3) is 0.647.